The lowest BCUT2D eigenvalue weighted by Gasteiger charge is -2.29. The molecule has 6 nitrogen and oxygen atoms in total. The van der Waals surface area contributed by atoms with Crippen molar-refractivity contribution in [3.63, 3.8) is 0 Å². The number of phenolic OH excluding ortho intramolecular Hbond substituents is 1. The first kappa shape index (κ1) is 23.2. The van der Waals surface area contributed by atoms with Gasteiger partial charge in [0.25, 0.3) is 5.91 Å². The molecule has 3 aromatic carbocycles. The van der Waals surface area contributed by atoms with Crippen LogP contribution >= 0.6 is 12.4 Å². The largest absolute Gasteiger partial charge is 0.507 e. The number of carboxylic acid groups (broad SMARTS) is 1. The number of nitrogens with zero attached hydrogens (tertiary/aromatic N) is 1. The van der Waals surface area contributed by atoms with Crippen molar-refractivity contribution in [1.29, 1.82) is 0 Å². The molecule has 0 aromatic heterocycles. The molecule has 1 saturated heterocycles. The third kappa shape index (κ3) is 5.03. The molecule has 3 N–H and O–H groups in total. The molecule has 7 heteroatoms. The lowest BCUT2D eigenvalue weighted by Crippen LogP contribution is -2.29. The van der Waals surface area contributed by atoms with E-state index in [2.05, 4.69) is 10.2 Å². The number of halogens is 1. The van der Waals surface area contributed by atoms with Crippen molar-refractivity contribution in [3.05, 3.63) is 77.9 Å². The lowest BCUT2D eigenvalue weighted by atomic mass is 10.0. The third-order valence-electron chi connectivity index (χ3n) is 5.55. The summed E-state index contributed by atoms with van der Waals surface area (Å²) in [5.74, 6) is -1.83. The fourth-order valence-corrected chi connectivity index (χ4v) is 3.89. The van der Waals surface area contributed by atoms with E-state index in [-0.39, 0.29) is 35.0 Å². The summed E-state index contributed by atoms with van der Waals surface area (Å²) >= 11 is 0. The number of piperidine rings is 1. The van der Waals surface area contributed by atoms with Gasteiger partial charge in [0.1, 0.15) is 5.75 Å². The van der Waals surface area contributed by atoms with Crippen LogP contribution in [0.15, 0.2) is 66.7 Å². The van der Waals surface area contributed by atoms with Gasteiger partial charge in [-0.15, -0.1) is 12.4 Å². The van der Waals surface area contributed by atoms with Crippen LogP contribution in [0.5, 0.6) is 5.75 Å². The quantitative estimate of drug-likeness (QED) is 0.480. The van der Waals surface area contributed by atoms with Crippen molar-refractivity contribution in [2.75, 3.05) is 23.3 Å². The van der Waals surface area contributed by atoms with Gasteiger partial charge in [0.05, 0.1) is 16.8 Å². The monoisotopic (exact) mass is 452 g/mol. The number of rotatable bonds is 5. The Balaban J connectivity index is 0.00000289. The summed E-state index contributed by atoms with van der Waals surface area (Å²) in [6, 6.07) is 19.3. The number of aromatic hydroxyl groups is 1. The van der Waals surface area contributed by atoms with Gasteiger partial charge in [-0.25, -0.2) is 4.79 Å². The van der Waals surface area contributed by atoms with Crippen LogP contribution < -0.4 is 10.2 Å². The van der Waals surface area contributed by atoms with Crippen LogP contribution in [0.4, 0.5) is 11.4 Å². The molecule has 1 heterocycles. The number of benzene rings is 3. The molecule has 1 aliphatic heterocycles. The third-order valence-corrected chi connectivity index (χ3v) is 5.55. The van der Waals surface area contributed by atoms with E-state index in [9.17, 15) is 19.8 Å². The van der Waals surface area contributed by atoms with Crippen LogP contribution in [0.2, 0.25) is 0 Å². The Hall–Kier alpha value is -3.51. The van der Waals surface area contributed by atoms with Crippen LogP contribution in [0.25, 0.3) is 11.1 Å². The average molecular weight is 453 g/mol. The van der Waals surface area contributed by atoms with Gasteiger partial charge in [0.15, 0.2) is 0 Å². The molecule has 1 aliphatic rings. The maximum atomic E-state index is 13.0. The van der Waals surface area contributed by atoms with Gasteiger partial charge in [-0.1, -0.05) is 36.4 Å². The second kappa shape index (κ2) is 10.2. The maximum absolute atomic E-state index is 13.0. The van der Waals surface area contributed by atoms with Gasteiger partial charge >= 0.3 is 5.97 Å². The Morgan fingerprint density at radius 3 is 2.22 bits per heavy atom. The Morgan fingerprint density at radius 1 is 0.812 bits per heavy atom. The number of carboxylic acids is 1. The van der Waals surface area contributed by atoms with E-state index in [1.54, 1.807) is 24.3 Å². The normalized spacial score (nSPS) is 13.2. The van der Waals surface area contributed by atoms with Gasteiger partial charge in [-0.05, 0) is 60.7 Å². The number of amides is 1. The molecular formula is C25H25ClN2O4. The first-order valence-electron chi connectivity index (χ1n) is 10.3. The lowest BCUT2D eigenvalue weighted by molar-refractivity contribution is 0.0698. The Kier molecular flexibility index (Phi) is 7.38. The molecule has 1 fully saturated rings. The highest BCUT2D eigenvalue weighted by Gasteiger charge is 2.19. The fraction of sp³-hybridized carbons (Fsp3) is 0.200. The minimum atomic E-state index is -1.14. The van der Waals surface area contributed by atoms with Gasteiger partial charge in [-0.2, -0.15) is 0 Å². The van der Waals surface area contributed by atoms with Crippen LogP contribution in [-0.4, -0.2) is 35.2 Å². The van der Waals surface area contributed by atoms with Crippen molar-refractivity contribution in [2.45, 2.75) is 19.3 Å². The summed E-state index contributed by atoms with van der Waals surface area (Å²) < 4.78 is 0. The molecule has 32 heavy (non-hydrogen) atoms. The maximum Gasteiger partial charge on any atom is 0.337 e. The number of anilines is 2. The molecule has 0 spiro atoms. The van der Waals surface area contributed by atoms with Crippen LogP contribution in [0.1, 0.15) is 40.0 Å². The molecule has 0 atom stereocenters. The molecule has 0 aliphatic carbocycles. The first-order chi connectivity index (χ1) is 15.0. The summed E-state index contributed by atoms with van der Waals surface area (Å²) in [6.07, 6.45) is 3.38. The van der Waals surface area contributed by atoms with Gasteiger partial charge < -0.3 is 20.4 Å². The summed E-state index contributed by atoms with van der Waals surface area (Å²) in [6.45, 7) is 1.82. The Morgan fingerprint density at radius 2 is 1.53 bits per heavy atom. The van der Waals surface area contributed by atoms with Crippen LogP contribution in [0.3, 0.4) is 0 Å². The molecular weight excluding hydrogens is 428 g/mol. The van der Waals surface area contributed by atoms with E-state index in [0.717, 1.165) is 42.7 Å². The first-order valence-corrected chi connectivity index (χ1v) is 10.3. The van der Waals surface area contributed by atoms with Crippen molar-refractivity contribution < 1.29 is 19.8 Å². The van der Waals surface area contributed by atoms with Crippen molar-refractivity contribution in [1.82, 2.24) is 0 Å². The standard InChI is InChI=1S/C25H24N2O4.ClH/c28-23-12-10-19(27-13-5-2-6-14-27)16-21(23)24(29)26-22-15-18(9-11-20(22)25(30)31)17-7-3-1-4-8-17;/h1,3-4,7-12,15-16,28H,2,5-6,13-14H2,(H,26,29)(H,30,31);1H. The summed E-state index contributed by atoms with van der Waals surface area (Å²) in [5, 5.41) is 22.6. The molecule has 166 valence electrons. The highest BCUT2D eigenvalue weighted by molar-refractivity contribution is 6.10. The molecule has 0 unspecified atom stereocenters. The minimum Gasteiger partial charge on any atom is -0.507 e. The molecule has 0 radical (unpaired) electrons. The topological polar surface area (TPSA) is 89.9 Å². The fourth-order valence-electron chi connectivity index (χ4n) is 3.89. The summed E-state index contributed by atoms with van der Waals surface area (Å²) in [7, 11) is 0. The highest BCUT2D eigenvalue weighted by Crippen LogP contribution is 2.29. The van der Waals surface area contributed by atoms with Crippen LogP contribution in [0, 0.1) is 0 Å². The van der Waals surface area contributed by atoms with E-state index < -0.39 is 11.9 Å². The number of carbonyl (C=O) groups excluding carboxylic acids is 1. The van der Waals surface area contributed by atoms with E-state index in [4.69, 9.17) is 0 Å². The minimum absolute atomic E-state index is 0. The number of aromatic carboxylic acids is 1. The van der Waals surface area contributed by atoms with E-state index in [1.165, 1.54) is 18.6 Å². The van der Waals surface area contributed by atoms with Crippen molar-refractivity contribution in [3.8, 4) is 16.9 Å². The predicted molar refractivity (Wildman–Crippen MR) is 128 cm³/mol. The highest BCUT2D eigenvalue weighted by atomic mass is 35.5. The average Bonchev–Trinajstić information content (AvgIpc) is 2.80. The smallest absolute Gasteiger partial charge is 0.337 e. The SMILES string of the molecule is Cl.O=C(Nc1cc(-c2ccccc2)ccc1C(=O)O)c1cc(N2CCCCC2)ccc1O. The summed E-state index contributed by atoms with van der Waals surface area (Å²) in [4.78, 5) is 26.9. The van der Waals surface area contributed by atoms with E-state index in [0.29, 0.717) is 0 Å². The molecule has 1 amide bonds. The second-order valence-electron chi connectivity index (χ2n) is 7.63. The summed E-state index contributed by atoms with van der Waals surface area (Å²) in [5.41, 5.74) is 2.85. The number of phenols is 1. The van der Waals surface area contributed by atoms with Crippen molar-refractivity contribution >= 4 is 35.7 Å². The molecule has 3 aromatic rings. The number of hydrogen-bond donors (Lipinski definition) is 3. The predicted octanol–water partition coefficient (Wildman–Crippen LogP) is 5.42. The van der Waals surface area contributed by atoms with Crippen molar-refractivity contribution in [2.24, 2.45) is 0 Å². The number of hydrogen-bond acceptors (Lipinski definition) is 4. The molecule has 4 rings (SSSR count). The second-order valence-corrected chi connectivity index (χ2v) is 7.63. The molecule has 0 saturated carbocycles. The molecule has 0 bridgehead atoms. The Bertz CT molecular complexity index is 1110. The van der Waals surface area contributed by atoms with E-state index in [1.807, 2.05) is 30.3 Å². The van der Waals surface area contributed by atoms with E-state index >= 15 is 0 Å². The Labute approximate surface area is 192 Å². The van der Waals surface area contributed by atoms with Gasteiger partial charge in [0, 0.05) is 18.8 Å². The van der Waals surface area contributed by atoms with Gasteiger partial charge in [0.2, 0.25) is 0 Å². The zero-order valence-electron chi connectivity index (χ0n) is 17.5. The number of nitrogens with one attached hydrogen (secondary N) is 1. The zero-order valence-corrected chi connectivity index (χ0v) is 18.3. The van der Waals surface area contributed by atoms with Crippen LogP contribution in [-0.2, 0) is 0 Å². The number of carbonyl (C=O) groups is 2. The van der Waals surface area contributed by atoms with Gasteiger partial charge in [-0.3, -0.25) is 4.79 Å². The zero-order chi connectivity index (χ0) is 21.8.